The van der Waals surface area contributed by atoms with Crippen LogP contribution in [0.4, 0.5) is 4.79 Å². The van der Waals surface area contributed by atoms with Crippen LogP contribution in [0.5, 0.6) is 0 Å². The molecule has 5 nitrogen and oxygen atoms in total. The Labute approximate surface area is 131 Å². The van der Waals surface area contributed by atoms with Crippen LogP contribution < -0.4 is 5.32 Å². The largest absolute Gasteiger partial charge is 0.461 e. The van der Waals surface area contributed by atoms with Gasteiger partial charge in [-0.3, -0.25) is 0 Å². The Hall–Kier alpha value is -1.75. The molecule has 5 heteroatoms. The Bertz CT molecular complexity index is 538. The van der Waals surface area contributed by atoms with Gasteiger partial charge >= 0.3 is 6.03 Å². The van der Waals surface area contributed by atoms with Crippen molar-refractivity contribution >= 4 is 6.03 Å². The fourth-order valence-corrected chi connectivity index (χ4v) is 3.28. The number of ether oxygens (including phenoxy) is 1. The summed E-state index contributed by atoms with van der Waals surface area (Å²) in [5, 5.41) is 3.16. The van der Waals surface area contributed by atoms with Crippen molar-refractivity contribution in [2.24, 2.45) is 0 Å². The third-order valence-corrected chi connectivity index (χ3v) is 4.41. The van der Waals surface area contributed by atoms with Crippen LogP contribution in [0, 0.1) is 0 Å². The van der Waals surface area contributed by atoms with Gasteiger partial charge in [0.15, 0.2) is 0 Å². The van der Waals surface area contributed by atoms with E-state index in [9.17, 15) is 4.79 Å². The lowest BCUT2D eigenvalue weighted by Gasteiger charge is -2.27. The van der Waals surface area contributed by atoms with Crippen LogP contribution in [0.1, 0.15) is 49.7 Å². The molecule has 3 rings (SSSR count). The molecule has 1 aliphatic heterocycles. The molecule has 2 unspecified atom stereocenters. The highest BCUT2D eigenvalue weighted by Crippen LogP contribution is 2.33. The summed E-state index contributed by atoms with van der Waals surface area (Å²) < 4.78 is 10.9. The molecule has 0 radical (unpaired) electrons. The van der Waals surface area contributed by atoms with Gasteiger partial charge in [-0.1, -0.05) is 12.2 Å². The van der Waals surface area contributed by atoms with Crippen LogP contribution in [0.15, 0.2) is 28.7 Å². The molecular weight excluding hydrogens is 280 g/mol. The molecule has 2 aliphatic rings. The number of carbonyl (C=O) groups is 1. The standard InChI is InChI=1S/C17H24N2O3/c1-21-12-14-9-10-16(22-14)15-8-5-11-19(15)17(20)18-13-6-3-2-4-7-13/h2-3,9-10,13,15H,4-8,11-12H2,1H3,(H,18,20). The Balaban J connectivity index is 1.63. The van der Waals surface area contributed by atoms with Gasteiger partial charge in [-0.2, -0.15) is 0 Å². The number of amides is 2. The SMILES string of the molecule is COCc1ccc(C2CCCN2C(=O)NC2CC=CCC2)o1. The number of hydrogen-bond acceptors (Lipinski definition) is 3. The minimum atomic E-state index is 0.0347. The molecule has 120 valence electrons. The van der Waals surface area contributed by atoms with Crippen molar-refractivity contribution in [2.45, 2.75) is 50.8 Å². The minimum absolute atomic E-state index is 0.0347. The first-order valence-corrected chi connectivity index (χ1v) is 8.07. The summed E-state index contributed by atoms with van der Waals surface area (Å²) in [5.41, 5.74) is 0. The molecule has 0 bridgehead atoms. The van der Waals surface area contributed by atoms with Crippen LogP contribution in [-0.2, 0) is 11.3 Å². The molecule has 1 aliphatic carbocycles. The predicted octanol–water partition coefficient (Wildman–Crippen LogP) is 3.38. The zero-order valence-electron chi connectivity index (χ0n) is 13.1. The van der Waals surface area contributed by atoms with Gasteiger partial charge in [0.25, 0.3) is 0 Å². The van der Waals surface area contributed by atoms with Crippen LogP contribution in [0.3, 0.4) is 0 Å². The fourth-order valence-electron chi connectivity index (χ4n) is 3.28. The van der Waals surface area contributed by atoms with E-state index in [4.69, 9.17) is 9.15 Å². The molecule has 2 amide bonds. The molecular formula is C17H24N2O3. The number of carbonyl (C=O) groups excluding carboxylic acids is 1. The monoisotopic (exact) mass is 304 g/mol. The highest BCUT2D eigenvalue weighted by atomic mass is 16.5. The molecule has 1 aromatic rings. The van der Waals surface area contributed by atoms with E-state index in [1.54, 1.807) is 7.11 Å². The normalized spacial score (nSPS) is 24.7. The van der Waals surface area contributed by atoms with Crippen molar-refractivity contribution in [1.82, 2.24) is 10.2 Å². The van der Waals surface area contributed by atoms with Crippen molar-refractivity contribution in [3.05, 3.63) is 35.8 Å². The van der Waals surface area contributed by atoms with Crippen molar-refractivity contribution in [1.29, 1.82) is 0 Å². The average Bonchev–Trinajstić information content (AvgIpc) is 3.17. The summed E-state index contributed by atoms with van der Waals surface area (Å²) in [5.74, 6) is 1.67. The number of urea groups is 1. The maximum atomic E-state index is 12.6. The molecule has 0 spiro atoms. The summed E-state index contributed by atoms with van der Waals surface area (Å²) in [6.07, 6.45) is 9.32. The van der Waals surface area contributed by atoms with Gasteiger partial charge in [0.2, 0.25) is 0 Å². The maximum Gasteiger partial charge on any atom is 0.318 e. The highest BCUT2D eigenvalue weighted by Gasteiger charge is 2.33. The van der Waals surface area contributed by atoms with E-state index < -0.39 is 0 Å². The Morgan fingerprint density at radius 1 is 1.41 bits per heavy atom. The van der Waals surface area contributed by atoms with Gasteiger partial charge in [-0.15, -0.1) is 0 Å². The molecule has 0 saturated carbocycles. The second kappa shape index (κ2) is 7.01. The van der Waals surface area contributed by atoms with Crippen molar-refractivity contribution < 1.29 is 13.9 Å². The zero-order valence-corrected chi connectivity index (χ0v) is 13.1. The number of likely N-dealkylation sites (tertiary alicyclic amines) is 1. The molecule has 1 N–H and O–H groups in total. The van der Waals surface area contributed by atoms with Crippen LogP contribution >= 0.6 is 0 Å². The van der Waals surface area contributed by atoms with Crippen LogP contribution in [0.2, 0.25) is 0 Å². The van der Waals surface area contributed by atoms with Gasteiger partial charge in [0.1, 0.15) is 18.1 Å². The topological polar surface area (TPSA) is 54.7 Å². The summed E-state index contributed by atoms with van der Waals surface area (Å²) in [6.45, 7) is 1.26. The maximum absolute atomic E-state index is 12.6. The summed E-state index contributed by atoms with van der Waals surface area (Å²) in [4.78, 5) is 14.5. The number of allylic oxidation sites excluding steroid dienone is 1. The van der Waals surface area contributed by atoms with Crippen molar-refractivity contribution in [2.75, 3.05) is 13.7 Å². The van der Waals surface area contributed by atoms with Crippen LogP contribution in [-0.4, -0.2) is 30.6 Å². The number of methoxy groups -OCH3 is 1. The van der Waals surface area contributed by atoms with Gasteiger partial charge in [-0.25, -0.2) is 4.79 Å². The number of hydrogen-bond donors (Lipinski definition) is 1. The Morgan fingerprint density at radius 3 is 3.09 bits per heavy atom. The molecule has 1 aromatic heterocycles. The first-order valence-electron chi connectivity index (χ1n) is 8.07. The summed E-state index contributed by atoms with van der Waals surface area (Å²) >= 11 is 0. The third kappa shape index (κ3) is 3.35. The second-order valence-electron chi connectivity index (χ2n) is 6.02. The highest BCUT2D eigenvalue weighted by molar-refractivity contribution is 5.75. The molecule has 1 fully saturated rings. The minimum Gasteiger partial charge on any atom is -0.461 e. The van der Waals surface area contributed by atoms with Gasteiger partial charge in [0, 0.05) is 19.7 Å². The van der Waals surface area contributed by atoms with E-state index in [-0.39, 0.29) is 18.1 Å². The lowest BCUT2D eigenvalue weighted by atomic mass is 10.0. The third-order valence-electron chi connectivity index (χ3n) is 4.41. The number of nitrogens with zero attached hydrogens (tertiary/aromatic N) is 1. The quantitative estimate of drug-likeness (QED) is 0.868. The molecule has 2 heterocycles. The molecule has 1 saturated heterocycles. The van der Waals surface area contributed by atoms with E-state index in [0.717, 1.165) is 50.2 Å². The average molecular weight is 304 g/mol. The van der Waals surface area contributed by atoms with Gasteiger partial charge < -0.3 is 19.4 Å². The van der Waals surface area contributed by atoms with E-state index in [2.05, 4.69) is 17.5 Å². The fraction of sp³-hybridized carbons (Fsp3) is 0.588. The van der Waals surface area contributed by atoms with Crippen molar-refractivity contribution in [3.8, 4) is 0 Å². The van der Waals surface area contributed by atoms with E-state index in [1.807, 2.05) is 17.0 Å². The lowest BCUT2D eigenvalue weighted by Crippen LogP contribution is -2.44. The van der Waals surface area contributed by atoms with Crippen molar-refractivity contribution in [3.63, 3.8) is 0 Å². The number of rotatable bonds is 4. The molecule has 0 aromatic carbocycles. The van der Waals surface area contributed by atoms with E-state index in [0.29, 0.717) is 6.61 Å². The zero-order chi connectivity index (χ0) is 15.4. The lowest BCUT2D eigenvalue weighted by molar-refractivity contribution is 0.155. The molecule has 2 atom stereocenters. The second-order valence-corrected chi connectivity index (χ2v) is 6.02. The number of furan rings is 1. The Morgan fingerprint density at radius 2 is 2.32 bits per heavy atom. The van der Waals surface area contributed by atoms with E-state index in [1.165, 1.54) is 0 Å². The predicted molar refractivity (Wildman–Crippen MR) is 83.4 cm³/mol. The first kappa shape index (κ1) is 15.2. The van der Waals surface area contributed by atoms with Gasteiger partial charge in [-0.05, 0) is 44.2 Å². The summed E-state index contributed by atoms with van der Waals surface area (Å²) in [6, 6.07) is 4.24. The number of nitrogens with one attached hydrogen (secondary N) is 1. The van der Waals surface area contributed by atoms with E-state index >= 15 is 0 Å². The smallest absolute Gasteiger partial charge is 0.318 e. The van der Waals surface area contributed by atoms with Gasteiger partial charge in [0.05, 0.1) is 6.04 Å². The van der Waals surface area contributed by atoms with Crippen LogP contribution in [0.25, 0.3) is 0 Å². The summed E-state index contributed by atoms with van der Waals surface area (Å²) in [7, 11) is 1.65. The first-order chi connectivity index (χ1) is 10.8. The molecule has 22 heavy (non-hydrogen) atoms. The Kier molecular flexibility index (Phi) is 4.83.